The minimum absolute atomic E-state index is 0.00630. The van der Waals surface area contributed by atoms with Gasteiger partial charge in [-0.3, -0.25) is 9.69 Å². The second-order valence-corrected chi connectivity index (χ2v) is 17.5. The van der Waals surface area contributed by atoms with Crippen molar-refractivity contribution in [2.45, 2.75) is 68.6 Å². The standard InChI is InChI=1S/C48H80N8O21/c1-8-14-68-20-22-72-24-25-73-23-21-71-19-13-56(11-17-69-15-9-54(6)47(66)76-42(36(60)28-57)41-30(2)34(51-31(3)49)26-38(74-41)45(62)63)12-18-70-16-10-55(7)48(67)77-43(37(61)29-58)44-40(53-33(5)59)35(52-32(4)50)27-39(75-44)46(64)65/h1,26-27,30,34-37,40-44,51-52,57-58,60-61H,3-4,9-25,28-29,49-50H2,2,5-7H3,(H,53,59)(H,62,63)(H,64,65)/t30-,34+,35+,36-,37-,40-,41-,42-,43-,44-/m1/s1. The van der Waals surface area contributed by atoms with E-state index in [1.165, 1.54) is 32.0 Å². The molecule has 0 aromatic carbocycles. The molecule has 438 valence electrons. The first-order valence-corrected chi connectivity index (χ1v) is 24.6. The number of aliphatic carboxylic acids is 2. The number of nitrogens with one attached hydrogen (secondary N) is 3. The van der Waals surface area contributed by atoms with Crippen LogP contribution in [0.5, 0.6) is 0 Å². The highest BCUT2D eigenvalue weighted by atomic mass is 16.6. The van der Waals surface area contributed by atoms with Gasteiger partial charge in [-0.05, 0) is 12.2 Å². The first kappa shape index (κ1) is 66.9. The summed E-state index contributed by atoms with van der Waals surface area (Å²) in [6.45, 7) is 12.4. The summed E-state index contributed by atoms with van der Waals surface area (Å²) in [5.74, 6) is -2.91. The molecule has 13 N–H and O–H groups in total. The number of aliphatic hydroxyl groups excluding tert-OH is 4. The van der Waals surface area contributed by atoms with E-state index < -0.39 is 115 Å². The number of ether oxygens (including phenoxy) is 10. The summed E-state index contributed by atoms with van der Waals surface area (Å²) >= 11 is 0. The molecule has 0 unspecified atom stereocenters. The van der Waals surface area contributed by atoms with Crippen LogP contribution in [0.3, 0.4) is 0 Å². The Morgan fingerprint density at radius 2 is 1.03 bits per heavy atom. The van der Waals surface area contributed by atoms with Crippen molar-refractivity contribution in [2.24, 2.45) is 17.4 Å². The predicted molar refractivity (Wildman–Crippen MR) is 271 cm³/mol. The van der Waals surface area contributed by atoms with Crippen LogP contribution in [0.4, 0.5) is 9.59 Å². The summed E-state index contributed by atoms with van der Waals surface area (Å²) in [7, 11) is 2.80. The molecule has 29 heteroatoms. The van der Waals surface area contributed by atoms with Crippen LogP contribution in [0, 0.1) is 18.3 Å². The molecule has 0 bridgehead atoms. The summed E-state index contributed by atoms with van der Waals surface area (Å²) in [5, 5.41) is 68.8. The number of nitrogens with zero attached hydrogens (tertiary/aromatic N) is 3. The Kier molecular flexibility index (Phi) is 32.0. The molecule has 2 heterocycles. The van der Waals surface area contributed by atoms with E-state index in [2.05, 4.69) is 35.0 Å². The number of hydrogen-bond donors (Lipinski definition) is 11. The van der Waals surface area contributed by atoms with E-state index in [0.29, 0.717) is 65.9 Å². The highest BCUT2D eigenvalue weighted by Gasteiger charge is 2.47. The largest absolute Gasteiger partial charge is 0.479 e. The van der Waals surface area contributed by atoms with Gasteiger partial charge in [0.05, 0.1) is 116 Å². The number of carbonyl (C=O) groups excluding carboxylic acids is 3. The van der Waals surface area contributed by atoms with Gasteiger partial charge in [0.1, 0.15) is 24.9 Å². The molecule has 0 spiro atoms. The Bertz CT molecular complexity index is 1960. The molecule has 0 aromatic heterocycles. The van der Waals surface area contributed by atoms with Gasteiger partial charge in [0, 0.05) is 59.7 Å². The van der Waals surface area contributed by atoms with Gasteiger partial charge in [-0.2, -0.15) is 0 Å². The minimum atomic E-state index is -1.79. The summed E-state index contributed by atoms with van der Waals surface area (Å²) in [4.78, 5) is 67.0. The molecule has 2 aliphatic heterocycles. The normalized spacial score (nSPS) is 20.5. The number of rotatable bonds is 40. The Balaban J connectivity index is 2.01. The Morgan fingerprint density at radius 3 is 1.44 bits per heavy atom. The molecule has 0 fully saturated rings. The van der Waals surface area contributed by atoms with Gasteiger partial charge in [0.15, 0.2) is 18.3 Å². The molecule has 29 nitrogen and oxygen atoms in total. The summed E-state index contributed by atoms with van der Waals surface area (Å²) < 4.78 is 56.0. The van der Waals surface area contributed by atoms with Crippen molar-refractivity contribution in [3.05, 3.63) is 48.5 Å². The lowest BCUT2D eigenvalue weighted by Crippen LogP contribution is -2.64. The topological polar surface area (TPSA) is 397 Å². The molecule has 0 saturated heterocycles. The lowest BCUT2D eigenvalue weighted by atomic mass is 9.87. The summed E-state index contributed by atoms with van der Waals surface area (Å²) in [6, 6.07) is -2.96. The molecule has 10 atom stereocenters. The van der Waals surface area contributed by atoms with Gasteiger partial charge >= 0.3 is 24.1 Å². The van der Waals surface area contributed by atoms with Crippen molar-refractivity contribution in [3.8, 4) is 12.3 Å². The lowest BCUT2D eigenvalue weighted by Gasteiger charge is -2.41. The van der Waals surface area contributed by atoms with Crippen LogP contribution in [0.2, 0.25) is 0 Å². The van der Waals surface area contributed by atoms with Crippen LogP contribution < -0.4 is 27.4 Å². The number of terminal acetylenes is 1. The number of carboxylic acid groups (broad SMARTS) is 2. The Labute approximate surface area is 447 Å². The average Bonchev–Trinajstić information content (AvgIpc) is 3.38. The van der Waals surface area contributed by atoms with Gasteiger partial charge in [0.25, 0.3) is 0 Å². The fourth-order valence-corrected chi connectivity index (χ4v) is 7.41. The first-order valence-electron chi connectivity index (χ1n) is 24.6. The maximum atomic E-state index is 13.4. The highest BCUT2D eigenvalue weighted by molar-refractivity contribution is 5.85. The Morgan fingerprint density at radius 1 is 0.649 bits per heavy atom. The second-order valence-electron chi connectivity index (χ2n) is 17.5. The smallest absolute Gasteiger partial charge is 0.410 e. The van der Waals surface area contributed by atoms with Crippen molar-refractivity contribution in [1.82, 2.24) is 30.7 Å². The van der Waals surface area contributed by atoms with Crippen LogP contribution in [0.15, 0.2) is 48.5 Å². The van der Waals surface area contributed by atoms with Crippen molar-refractivity contribution in [1.29, 1.82) is 0 Å². The summed E-state index contributed by atoms with van der Waals surface area (Å²) in [6.07, 6.45) is -3.77. The van der Waals surface area contributed by atoms with Gasteiger partial charge in [-0.15, -0.1) is 6.42 Å². The molecular weight excluding hydrogens is 1020 g/mol. The first-order chi connectivity index (χ1) is 36.6. The third kappa shape index (κ3) is 25.2. The molecule has 77 heavy (non-hydrogen) atoms. The van der Waals surface area contributed by atoms with Gasteiger partial charge in [-0.25, -0.2) is 19.2 Å². The maximum absolute atomic E-state index is 13.4. The fourth-order valence-electron chi connectivity index (χ4n) is 7.41. The van der Waals surface area contributed by atoms with Gasteiger partial charge in [-0.1, -0.05) is 26.0 Å². The van der Waals surface area contributed by atoms with Crippen LogP contribution >= 0.6 is 0 Å². The molecule has 2 aliphatic rings. The number of likely N-dealkylation sites (N-methyl/N-ethyl adjacent to an activating group) is 2. The third-order valence-electron chi connectivity index (χ3n) is 11.5. The van der Waals surface area contributed by atoms with Crippen molar-refractivity contribution >= 4 is 30.0 Å². The van der Waals surface area contributed by atoms with Crippen LogP contribution in [0.1, 0.15) is 13.8 Å². The number of hydrogen-bond acceptors (Lipinski definition) is 24. The van der Waals surface area contributed by atoms with E-state index in [1.54, 1.807) is 6.92 Å². The molecule has 0 aromatic rings. The zero-order valence-electron chi connectivity index (χ0n) is 44.2. The maximum Gasteiger partial charge on any atom is 0.410 e. The van der Waals surface area contributed by atoms with Crippen molar-refractivity contribution < 1.29 is 102 Å². The fraction of sp³-hybridized carbons (Fsp3) is 0.688. The second kappa shape index (κ2) is 36.8. The van der Waals surface area contributed by atoms with E-state index >= 15 is 0 Å². The minimum Gasteiger partial charge on any atom is -0.479 e. The van der Waals surface area contributed by atoms with E-state index in [9.17, 15) is 54.6 Å². The molecule has 0 radical (unpaired) electrons. The highest BCUT2D eigenvalue weighted by Crippen LogP contribution is 2.30. The molecule has 3 amide bonds. The Hall–Kier alpha value is -6.17. The van der Waals surface area contributed by atoms with E-state index in [-0.39, 0.29) is 57.8 Å². The zero-order valence-corrected chi connectivity index (χ0v) is 44.2. The number of nitrogens with two attached hydrogens (primary N) is 2. The van der Waals surface area contributed by atoms with E-state index in [0.717, 1.165) is 11.0 Å². The number of carbonyl (C=O) groups is 5. The molecule has 2 rings (SSSR count). The van der Waals surface area contributed by atoms with Gasteiger partial charge < -0.3 is 115 Å². The lowest BCUT2D eigenvalue weighted by molar-refractivity contribution is -0.148. The van der Waals surface area contributed by atoms with E-state index in [4.69, 9.17) is 65.3 Å². The number of amides is 3. The SMILES string of the molecule is C#CCOCCOCCOCCOCCN(CCOCCN(C)C(=O)O[C@@H]([C@@H]1OC(C(=O)O)=C[C@H](NC(=C)N)[C@H]1C)[C@H](O)CO)CCOCCN(C)C(=O)O[C@@H]([C@@H]1OC(C(=O)O)=C[C@H](NC(=C)N)[C@H]1NC(C)=O)[C@H](O)CO. The molecule has 0 saturated carbocycles. The average molecular weight is 1110 g/mol. The molecule has 0 aliphatic carbocycles. The van der Waals surface area contributed by atoms with Crippen molar-refractivity contribution in [2.75, 3.05) is 139 Å². The molecular formula is C48H80N8O21. The van der Waals surface area contributed by atoms with Crippen molar-refractivity contribution in [3.63, 3.8) is 0 Å². The number of carboxylic acids is 2. The monoisotopic (exact) mass is 1100 g/mol. The van der Waals surface area contributed by atoms with Crippen LogP contribution in [-0.4, -0.2) is 269 Å². The predicted octanol–water partition coefficient (Wildman–Crippen LogP) is -3.75. The van der Waals surface area contributed by atoms with Crippen LogP contribution in [0.25, 0.3) is 0 Å². The zero-order chi connectivity index (χ0) is 57.5. The van der Waals surface area contributed by atoms with Gasteiger partial charge in [0.2, 0.25) is 17.4 Å². The number of aliphatic hydroxyl groups is 4. The summed E-state index contributed by atoms with van der Waals surface area (Å²) in [5.41, 5.74) is 11.4. The third-order valence-corrected chi connectivity index (χ3v) is 11.5. The quantitative estimate of drug-likeness (QED) is 0.0207. The van der Waals surface area contributed by atoms with Crippen LogP contribution in [-0.2, 0) is 61.8 Å². The van der Waals surface area contributed by atoms with E-state index in [1.807, 2.05) is 4.90 Å².